The number of halogens is 2. The molecule has 1 N–H and O–H groups in total. The molecule has 21 heavy (non-hydrogen) atoms. The van der Waals surface area contributed by atoms with Crippen LogP contribution in [0.5, 0.6) is 11.8 Å². The third-order valence-corrected chi connectivity index (χ3v) is 2.74. The maximum Gasteiger partial charge on any atom is 0.322 e. The average molecular weight is 329 g/mol. The van der Waals surface area contributed by atoms with Crippen LogP contribution in [0.4, 0.5) is 11.6 Å². The summed E-state index contributed by atoms with van der Waals surface area (Å²) in [7, 11) is 1.56. The summed E-state index contributed by atoms with van der Waals surface area (Å²) in [6, 6.07) is 5.30. The molecule has 0 spiro atoms. The Hall–Kier alpha value is -1.79. The summed E-state index contributed by atoms with van der Waals surface area (Å²) in [5, 5.41) is 3.57. The van der Waals surface area contributed by atoms with E-state index in [9.17, 15) is 0 Å². The van der Waals surface area contributed by atoms with E-state index in [0.29, 0.717) is 16.5 Å². The van der Waals surface area contributed by atoms with Gasteiger partial charge in [-0.25, -0.2) is 0 Å². The smallest absolute Gasteiger partial charge is 0.322 e. The van der Waals surface area contributed by atoms with Crippen molar-refractivity contribution < 1.29 is 9.47 Å². The van der Waals surface area contributed by atoms with E-state index in [1.54, 1.807) is 25.3 Å². The largest absolute Gasteiger partial charge is 0.495 e. The monoisotopic (exact) mass is 328 g/mol. The Labute approximate surface area is 132 Å². The molecule has 0 bridgehead atoms. The SMILES string of the molecule is COc1ccc(Cl)cc1Nc1nc(Cl)nc(OC(C)C)n1. The standard InChI is InChI=1S/C13H14Cl2N4O2/c1-7(2)21-13-18-11(15)17-12(19-13)16-9-6-8(14)4-5-10(9)20-3/h4-7H,1-3H3,(H,16,17,18,19). The lowest BCUT2D eigenvalue weighted by atomic mass is 10.3. The number of hydrogen-bond acceptors (Lipinski definition) is 6. The van der Waals surface area contributed by atoms with Crippen LogP contribution >= 0.6 is 23.2 Å². The highest BCUT2D eigenvalue weighted by molar-refractivity contribution is 6.31. The van der Waals surface area contributed by atoms with Gasteiger partial charge in [0.1, 0.15) is 5.75 Å². The molecule has 0 unspecified atom stereocenters. The van der Waals surface area contributed by atoms with E-state index in [-0.39, 0.29) is 23.3 Å². The van der Waals surface area contributed by atoms with Gasteiger partial charge >= 0.3 is 6.01 Å². The zero-order chi connectivity index (χ0) is 15.4. The van der Waals surface area contributed by atoms with Gasteiger partial charge in [0.25, 0.3) is 0 Å². The molecular formula is C13H14Cl2N4O2. The van der Waals surface area contributed by atoms with Crippen LogP contribution in [0.15, 0.2) is 18.2 Å². The molecule has 8 heteroatoms. The van der Waals surface area contributed by atoms with Crippen LogP contribution in [-0.4, -0.2) is 28.2 Å². The van der Waals surface area contributed by atoms with Crippen molar-refractivity contribution in [1.29, 1.82) is 0 Å². The molecule has 0 radical (unpaired) electrons. The van der Waals surface area contributed by atoms with E-state index in [2.05, 4.69) is 20.3 Å². The number of anilines is 2. The second kappa shape index (κ2) is 6.78. The summed E-state index contributed by atoms with van der Waals surface area (Å²) in [6.07, 6.45) is -0.0722. The predicted molar refractivity (Wildman–Crippen MR) is 81.9 cm³/mol. The van der Waals surface area contributed by atoms with Crippen molar-refractivity contribution in [3.8, 4) is 11.8 Å². The van der Waals surface area contributed by atoms with Gasteiger partial charge in [-0.05, 0) is 43.6 Å². The van der Waals surface area contributed by atoms with Gasteiger partial charge in [-0.1, -0.05) is 11.6 Å². The Bertz CT molecular complexity index is 638. The van der Waals surface area contributed by atoms with Crippen molar-refractivity contribution in [2.75, 3.05) is 12.4 Å². The van der Waals surface area contributed by atoms with Crippen LogP contribution in [0.2, 0.25) is 10.3 Å². The molecule has 0 atom stereocenters. The van der Waals surface area contributed by atoms with Crippen molar-refractivity contribution in [3.05, 3.63) is 28.5 Å². The Morgan fingerprint density at radius 3 is 2.57 bits per heavy atom. The van der Waals surface area contributed by atoms with Gasteiger partial charge < -0.3 is 14.8 Å². The zero-order valence-corrected chi connectivity index (χ0v) is 13.2. The van der Waals surface area contributed by atoms with Crippen LogP contribution in [0, 0.1) is 0 Å². The number of benzene rings is 1. The van der Waals surface area contributed by atoms with Crippen LogP contribution in [0.1, 0.15) is 13.8 Å². The summed E-state index contributed by atoms with van der Waals surface area (Å²) in [5.41, 5.74) is 0.614. The van der Waals surface area contributed by atoms with E-state index >= 15 is 0 Å². The Morgan fingerprint density at radius 1 is 1.14 bits per heavy atom. The molecule has 112 valence electrons. The van der Waals surface area contributed by atoms with Gasteiger partial charge in [0.05, 0.1) is 18.9 Å². The molecule has 0 aliphatic carbocycles. The molecule has 0 saturated heterocycles. The van der Waals surface area contributed by atoms with Gasteiger partial charge in [-0.3, -0.25) is 0 Å². The fraction of sp³-hybridized carbons (Fsp3) is 0.308. The highest BCUT2D eigenvalue weighted by Gasteiger charge is 2.10. The number of nitrogens with zero attached hydrogens (tertiary/aromatic N) is 3. The van der Waals surface area contributed by atoms with Crippen molar-refractivity contribution in [2.24, 2.45) is 0 Å². The molecule has 1 heterocycles. The van der Waals surface area contributed by atoms with Crippen molar-refractivity contribution in [1.82, 2.24) is 15.0 Å². The topological polar surface area (TPSA) is 69.2 Å². The maximum atomic E-state index is 5.97. The number of ether oxygens (including phenoxy) is 2. The first-order chi connectivity index (χ1) is 9.97. The summed E-state index contributed by atoms with van der Waals surface area (Å²) in [6.45, 7) is 3.73. The molecule has 6 nitrogen and oxygen atoms in total. The number of rotatable bonds is 5. The van der Waals surface area contributed by atoms with E-state index < -0.39 is 0 Å². The normalized spacial score (nSPS) is 10.6. The number of methoxy groups -OCH3 is 1. The van der Waals surface area contributed by atoms with E-state index in [1.165, 1.54) is 0 Å². The lowest BCUT2D eigenvalue weighted by Crippen LogP contribution is -2.10. The van der Waals surface area contributed by atoms with Crippen molar-refractivity contribution in [3.63, 3.8) is 0 Å². The molecular weight excluding hydrogens is 315 g/mol. The third kappa shape index (κ3) is 4.34. The lowest BCUT2D eigenvalue weighted by molar-refractivity contribution is 0.222. The van der Waals surface area contributed by atoms with E-state index in [4.69, 9.17) is 32.7 Å². The van der Waals surface area contributed by atoms with Crippen LogP contribution < -0.4 is 14.8 Å². The van der Waals surface area contributed by atoms with Gasteiger partial charge in [-0.15, -0.1) is 0 Å². The minimum atomic E-state index is -0.0722. The first kappa shape index (κ1) is 15.6. The van der Waals surface area contributed by atoms with Crippen molar-refractivity contribution >= 4 is 34.8 Å². The molecule has 0 fully saturated rings. The minimum absolute atomic E-state index is 0.0316. The van der Waals surface area contributed by atoms with E-state index in [1.807, 2.05) is 13.8 Å². The quantitative estimate of drug-likeness (QED) is 0.902. The van der Waals surface area contributed by atoms with Crippen LogP contribution in [0.25, 0.3) is 0 Å². The van der Waals surface area contributed by atoms with Gasteiger partial charge in [0.2, 0.25) is 11.2 Å². The summed E-state index contributed by atoms with van der Waals surface area (Å²) in [4.78, 5) is 12.0. The molecule has 0 aliphatic heterocycles. The van der Waals surface area contributed by atoms with Gasteiger partial charge in [0.15, 0.2) is 0 Å². The van der Waals surface area contributed by atoms with Gasteiger partial charge in [0, 0.05) is 5.02 Å². The summed E-state index contributed by atoms with van der Waals surface area (Å²) < 4.78 is 10.7. The second-order valence-electron chi connectivity index (χ2n) is 4.35. The molecule has 0 saturated carbocycles. The zero-order valence-electron chi connectivity index (χ0n) is 11.7. The van der Waals surface area contributed by atoms with Crippen LogP contribution in [0.3, 0.4) is 0 Å². The van der Waals surface area contributed by atoms with Crippen LogP contribution in [-0.2, 0) is 0 Å². The number of hydrogen-bond donors (Lipinski definition) is 1. The predicted octanol–water partition coefficient (Wildman–Crippen LogP) is 3.72. The fourth-order valence-electron chi connectivity index (χ4n) is 1.55. The average Bonchev–Trinajstić information content (AvgIpc) is 2.37. The van der Waals surface area contributed by atoms with Crippen molar-refractivity contribution in [2.45, 2.75) is 20.0 Å². The lowest BCUT2D eigenvalue weighted by Gasteiger charge is -2.12. The molecule has 0 aliphatic rings. The molecule has 0 amide bonds. The minimum Gasteiger partial charge on any atom is -0.495 e. The summed E-state index contributed by atoms with van der Waals surface area (Å²) >= 11 is 11.8. The summed E-state index contributed by atoms with van der Waals surface area (Å²) in [5.74, 6) is 0.841. The Morgan fingerprint density at radius 2 is 1.90 bits per heavy atom. The highest BCUT2D eigenvalue weighted by atomic mass is 35.5. The molecule has 2 aromatic rings. The first-order valence-electron chi connectivity index (χ1n) is 6.16. The Kier molecular flexibility index (Phi) is 5.03. The highest BCUT2D eigenvalue weighted by Crippen LogP contribution is 2.30. The molecule has 1 aromatic carbocycles. The third-order valence-electron chi connectivity index (χ3n) is 2.34. The molecule has 2 rings (SSSR count). The number of aromatic nitrogens is 3. The molecule has 1 aromatic heterocycles. The van der Waals surface area contributed by atoms with Gasteiger partial charge in [-0.2, -0.15) is 15.0 Å². The fourth-order valence-corrected chi connectivity index (χ4v) is 1.87. The maximum absolute atomic E-state index is 5.97. The van der Waals surface area contributed by atoms with E-state index in [0.717, 1.165) is 0 Å². The second-order valence-corrected chi connectivity index (χ2v) is 5.12. The first-order valence-corrected chi connectivity index (χ1v) is 6.92. The number of nitrogens with one attached hydrogen (secondary N) is 1. The Balaban J connectivity index is 2.31.